The number of likely N-dealkylation sites (tertiary alicyclic amines) is 1. The largest absolute Gasteiger partial charge is 0.465 e. The van der Waals surface area contributed by atoms with Crippen LogP contribution in [0.4, 0.5) is 4.79 Å². The van der Waals surface area contributed by atoms with Crippen LogP contribution in [-0.4, -0.2) is 59.6 Å². The number of hydrogen-bond donors (Lipinski definition) is 0. The average Bonchev–Trinajstić information content (AvgIpc) is 2.96. The third kappa shape index (κ3) is 4.39. The Morgan fingerprint density at radius 1 is 1.11 bits per heavy atom. The highest BCUT2D eigenvalue weighted by molar-refractivity contribution is 8.18. The predicted octanol–water partition coefficient (Wildman–Crippen LogP) is 2.52. The summed E-state index contributed by atoms with van der Waals surface area (Å²) >= 11 is 0.816. The Bertz CT molecular complexity index is 797. The van der Waals surface area contributed by atoms with E-state index in [1.807, 2.05) is 0 Å². The number of piperidine rings is 1. The van der Waals surface area contributed by atoms with Crippen molar-refractivity contribution in [1.82, 2.24) is 9.80 Å². The van der Waals surface area contributed by atoms with Gasteiger partial charge in [0.15, 0.2) is 0 Å². The Kier molecular flexibility index (Phi) is 5.95. The third-order valence-corrected chi connectivity index (χ3v) is 5.41. The normalized spacial score (nSPS) is 18.9. The van der Waals surface area contributed by atoms with Gasteiger partial charge in [-0.05, 0) is 54.8 Å². The second kappa shape index (κ2) is 8.39. The van der Waals surface area contributed by atoms with Gasteiger partial charge in [-0.1, -0.05) is 12.1 Å². The zero-order valence-electron chi connectivity index (χ0n) is 15.0. The Balaban J connectivity index is 1.68. The summed E-state index contributed by atoms with van der Waals surface area (Å²) in [6, 6.07) is 6.50. The van der Waals surface area contributed by atoms with Gasteiger partial charge >= 0.3 is 5.97 Å². The number of benzene rings is 1. The number of thioether (sulfide) groups is 1. The molecule has 2 saturated heterocycles. The van der Waals surface area contributed by atoms with E-state index in [-0.39, 0.29) is 17.4 Å². The van der Waals surface area contributed by atoms with Crippen LogP contribution in [-0.2, 0) is 14.3 Å². The Labute approximate surface area is 161 Å². The monoisotopic (exact) mass is 388 g/mol. The fourth-order valence-corrected chi connectivity index (χ4v) is 3.84. The van der Waals surface area contributed by atoms with Crippen LogP contribution in [0.2, 0.25) is 0 Å². The fraction of sp³-hybridized carbons (Fsp3) is 0.368. The molecule has 1 aromatic carbocycles. The van der Waals surface area contributed by atoms with Crippen molar-refractivity contribution in [2.45, 2.75) is 19.3 Å². The molecule has 2 heterocycles. The molecule has 142 valence electrons. The van der Waals surface area contributed by atoms with E-state index in [0.717, 1.165) is 35.9 Å². The summed E-state index contributed by atoms with van der Waals surface area (Å²) in [5, 5.41) is -0.442. The van der Waals surface area contributed by atoms with Crippen molar-refractivity contribution < 1.29 is 23.9 Å². The molecule has 2 fully saturated rings. The first-order chi connectivity index (χ1) is 13.0. The van der Waals surface area contributed by atoms with Gasteiger partial charge in [-0.3, -0.25) is 19.3 Å². The molecule has 2 aliphatic heterocycles. The van der Waals surface area contributed by atoms with Crippen LogP contribution in [0.1, 0.15) is 35.2 Å². The van der Waals surface area contributed by atoms with Crippen LogP contribution in [0.25, 0.3) is 6.08 Å². The fourth-order valence-electron chi connectivity index (χ4n) is 3.00. The lowest BCUT2D eigenvalue weighted by Gasteiger charge is -2.27. The van der Waals surface area contributed by atoms with Crippen molar-refractivity contribution in [3.8, 4) is 0 Å². The zero-order chi connectivity index (χ0) is 19.4. The smallest absolute Gasteiger partial charge is 0.337 e. The second-order valence-corrected chi connectivity index (χ2v) is 7.32. The summed E-state index contributed by atoms with van der Waals surface area (Å²) < 4.78 is 4.64. The number of amides is 3. The van der Waals surface area contributed by atoms with Gasteiger partial charge in [-0.2, -0.15) is 0 Å². The Morgan fingerprint density at radius 2 is 1.78 bits per heavy atom. The maximum atomic E-state index is 12.5. The molecule has 3 rings (SSSR count). The van der Waals surface area contributed by atoms with Crippen molar-refractivity contribution in [3.05, 3.63) is 40.3 Å². The molecular formula is C19H20N2O5S. The molecule has 27 heavy (non-hydrogen) atoms. The van der Waals surface area contributed by atoms with Gasteiger partial charge in [0.25, 0.3) is 11.1 Å². The molecule has 1 aromatic rings. The summed E-state index contributed by atoms with van der Waals surface area (Å²) in [5.74, 6) is -1.11. The van der Waals surface area contributed by atoms with E-state index in [2.05, 4.69) is 4.74 Å². The molecule has 8 heteroatoms. The van der Waals surface area contributed by atoms with Crippen molar-refractivity contribution in [1.29, 1.82) is 0 Å². The number of hydrogen-bond acceptors (Lipinski definition) is 6. The highest BCUT2D eigenvalue weighted by Crippen LogP contribution is 2.32. The number of carbonyl (C=O) groups is 4. The van der Waals surface area contributed by atoms with Gasteiger partial charge in [0.05, 0.1) is 17.6 Å². The van der Waals surface area contributed by atoms with Crippen LogP contribution in [0.15, 0.2) is 29.2 Å². The second-order valence-electron chi connectivity index (χ2n) is 6.32. The topological polar surface area (TPSA) is 84.0 Å². The average molecular weight is 388 g/mol. The first-order valence-corrected chi connectivity index (χ1v) is 9.53. The van der Waals surface area contributed by atoms with Crippen LogP contribution in [0.3, 0.4) is 0 Å². The number of methoxy groups -OCH3 is 1. The molecule has 0 aromatic heterocycles. The number of carbonyl (C=O) groups excluding carboxylic acids is 4. The SMILES string of the molecule is COC(=O)c1ccc(/C=C2\SC(=O)N(CC(=O)N3CCCCC3)C2=O)cc1. The standard InChI is InChI=1S/C19H20N2O5S/c1-26-18(24)14-7-5-13(6-8-14)11-15-17(23)21(19(25)27-15)12-16(22)20-9-3-2-4-10-20/h5-8,11H,2-4,9-10,12H2,1H3/b15-11-. The third-order valence-electron chi connectivity index (χ3n) is 4.51. The molecule has 0 N–H and O–H groups in total. The van der Waals surface area contributed by atoms with Crippen LogP contribution in [0.5, 0.6) is 0 Å². The quantitative estimate of drug-likeness (QED) is 0.582. The van der Waals surface area contributed by atoms with E-state index in [1.165, 1.54) is 7.11 Å². The van der Waals surface area contributed by atoms with Crippen LogP contribution < -0.4 is 0 Å². The van der Waals surface area contributed by atoms with Crippen molar-refractivity contribution >= 4 is 40.9 Å². The van der Waals surface area contributed by atoms with Gasteiger partial charge < -0.3 is 9.64 Å². The molecule has 2 aliphatic rings. The zero-order valence-corrected chi connectivity index (χ0v) is 15.8. The lowest BCUT2D eigenvalue weighted by atomic mass is 10.1. The summed E-state index contributed by atoms with van der Waals surface area (Å²) in [6.07, 6.45) is 4.59. The Hall–Kier alpha value is -2.61. The maximum Gasteiger partial charge on any atom is 0.337 e. The first kappa shape index (κ1) is 19.2. The molecule has 3 amide bonds. The minimum Gasteiger partial charge on any atom is -0.465 e. The van der Waals surface area contributed by atoms with Crippen molar-refractivity contribution in [2.24, 2.45) is 0 Å². The highest BCUT2D eigenvalue weighted by Gasteiger charge is 2.37. The van der Waals surface area contributed by atoms with Gasteiger partial charge in [0.1, 0.15) is 6.54 Å². The van der Waals surface area contributed by atoms with Crippen molar-refractivity contribution in [3.63, 3.8) is 0 Å². The van der Waals surface area contributed by atoms with E-state index in [9.17, 15) is 19.2 Å². The molecule has 7 nitrogen and oxygen atoms in total. The molecule has 0 aliphatic carbocycles. The number of nitrogens with zero attached hydrogens (tertiary/aromatic N) is 2. The maximum absolute atomic E-state index is 12.5. The first-order valence-electron chi connectivity index (χ1n) is 8.71. The van der Waals surface area contributed by atoms with Crippen molar-refractivity contribution in [2.75, 3.05) is 26.7 Å². The molecular weight excluding hydrogens is 368 g/mol. The van der Waals surface area contributed by atoms with E-state index >= 15 is 0 Å². The molecule has 0 radical (unpaired) electrons. The summed E-state index contributed by atoms with van der Waals surface area (Å²) in [6.45, 7) is 1.14. The molecule has 0 atom stereocenters. The number of imide groups is 1. The summed E-state index contributed by atoms with van der Waals surface area (Å²) in [4.78, 5) is 51.5. The van der Waals surface area contributed by atoms with Gasteiger partial charge in [0.2, 0.25) is 5.91 Å². The predicted molar refractivity (Wildman–Crippen MR) is 101 cm³/mol. The minimum absolute atomic E-state index is 0.194. The van der Waals surface area contributed by atoms with E-state index in [0.29, 0.717) is 24.2 Å². The van der Waals surface area contributed by atoms with Crippen LogP contribution in [0, 0.1) is 0 Å². The summed E-state index contributed by atoms with van der Waals surface area (Å²) in [5.41, 5.74) is 1.07. The number of ether oxygens (including phenoxy) is 1. The van der Waals surface area contributed by atoms with E-state index < -0.39 is 17.1 Å². The number of esters is 1. The molecule has 0 unspecified atom stereocenters. The highest BCUT2D eigenvalue weighted by atomic mass is 32.2. The van der Waals surface area contributed by atoms with Crippen LogP contribution >= 0.6 is 11.8 Å². The molecule has 0 bridgehead atoms. The lowest BCUT2D eigenvalue weighted by molar-refractivity contribution is -0.136. The molecule has 0 saturated carbocycles. The van der Waals surface area contributed by atoms with Gasteiger partial charge in [0, 0.05) is 13.1 Å². The summed E-state index contributed by atoms with van der Waals surface area (Å²) in [7, 11) is 1.30. The Morgan fingerprint density at radius 3 is 2.41 bits per heavy atom. The minimum atomic E-state index is -0.465. The lowest BCUT2D eigenvalue weighted by Crippen LogP contribution is -2.44. The number of rotatable bonds is 4. The van der Waals surface area contributed by atoms with Gasteiger partial charge in [-0.15, -0.1) is 0 Å². The van der Waals surface area contributed by atoms with Gasteiger partial charge in [-0.25, -0.2) is 4.79 Å². The van der Waals surface area contributed by atoms with E-state index in [1.54, 1.807) is 35.2 Å². The molecule has 0 spiro atoms. The van der Waals surface area contributed by atoms with E-state index in [4.69, 9.17) is 0 Å².